The third-order valence-corrected chi connectivity index (χ3v) is 4.50. The SMILES string of the molecule is Cc1ccc(NCCN2CC(C)CC(C)C2C)cc1. The Bertz CT molecular complexity index is 385. The fraction of sp³-hybridized carbons (Fsp3) is 0.647. The monoisotopic (exact) mass is 260 g/mol. The first kappa shape index (κ1) is 14.4. The van der Waals surface area contributed by atoms with Crippen LogP contribution in [0.3, 0.4) is 0 Å². The minimum absolute atomic E-state index is 0.719. The molecule has 0 saturated carbocycles. The highest BCUT2D eigenvalue weighted by Gasteiger charge is 2.27. The molecule has 1 fully saturated rings. The van der Waals surface area contributed by atoms with Crippen LogP contribution in [-0.4, -0.2) is 30.6 Å². The average Bonchev–Trinajstić information content (AvgIpc) is 2.37. The Balaban J connectivity index is 1.80. The molecular weight excluding hydrogens is 232 g/mol. The summed E-state index contributed by atoms with van der Waals surface area (Å²) in [5, 5.41) is 3.53. The molecule has 1 N–H and O–H groups in total. The summed E-state index contributed by atoms with van der Waals surface area (Å²) >= 11 is 0. The van der Waals surface area contributed by atoms with Crippen molar-refractivity contribution in [1.29, 1.82) is 0 Å². The number of anilines is 1. The van der Waals surface area contributed by atoms with Crippen LogP contribution in [-0.2, 0) is 0 Å². The van der Waals surface area contributed by atoms with Gasteiger partial charge in [-0.05, 0) is 44.2 Å². The summed E-state index contributed by atoms with van der Waals surface area (Å²) in [4.78, 5) is 2.64. The predicted molar refractivity (Wildman–Crippen MR) is 83.6 cm³/mol. The van der Waals surface area contributed by atoms with Gasteiger partial charge in [-0.25, -0.2) is 0 Å². The van der Waals surface area contributed by atoms with Gasteiger partial charge >= 0.3 is 0 Å². The predicted octanol–water partition coefficient (Wildman–Crippen LogP) is 3.77. The molecule has 19 heavy (non-hydrogen) atoms. The quantitative estimate of drug-likeness (QED) is 0.886. The van der Waals surface area contributed by atoms with Crippen LogP contribution >= 0.6 is 0 Å². The number of nitrogens with zero attached hydrogens (tertiary/aromatic N) is 1. The maximum atomic E-state index is 3.53. The molecule has 2 heteroatoms. The molecule has 3 unspecified atom stereocenters. The van der Waals surface area contributed by atoms with Gasteiger partial charge in [0, 0.05) is 31.4 Å². The highest BCUT2D eigenvalue weighted by Crippen LogP contribution is 2.26. The van der Waals surface area contributed by atoms with Gasteiger partial charge in [0.15, 0.2) is 0 Å². The number of hydrogen-bond acceptors (Lipinski definition) is 2. The molecule has 1 aromatic rings. The normalized spacial score (nSPS) is 28.3. The zero-order valence-electron chi connectivity index (χ0n) is 12.8. The van der Waals surface area contributed by atoms with Gasteiger partial charge < -0.3 is 5.32 Å². The Morgan fingerprint density at radius 1 is 1.16 bits per heavy atom. The van der Waals surface area contributed by atoms with Crippen LogP contribution in [0, 0.1) is 18.8 Å². The summed E-state index contributed by atoms with van der Waals surface area (Å²) in [6.45, 7) is 12.7. The van der Waals surface area contributed by atoms with E-state index < -0.39 is 0 Å². The van der Waals surface area contributed by atoms with Crippen molar-refractivity contribution in [1.82, 2.24) is 4.90 Å². The fourth-order valence-electron chi connectivity index (χ4n) is 3.14. The Kier molecular flexibility index (Phi) is 4.87. The molecule has 2 rings (SSSR count). The molecule has 106 valence electrons. The van der Waals surface area contributed by atoms with Crippen LogP contribution in [0.25, 0.3) is 0 Å². The Morgan fingerprint density at radius 3 is 2.53 bits per heavy atom. The molecule has 1 aliphatic heterocycles. The summed E-state index contributed by atoms with van der Waals surface area (Å²) in [7, 11) is 0. The van der Waals surface area contributed by atoms with Crippen LogP contribution in [0.2, 0.25) is 0 Å². The Hall–Kier alpha value is -1.02. The first-order valence-corrected chi connectivity index (χ1v) is 7.61. The van der Waals surface area contributed by atoms with Crippen molar-refractivity contribution in [2.75, 3.05) is 25.0 Å². The lowest BCUT2D eigenvalue weighted by Gasteiger charge is -2.41. The molecule has 2 nitrogen and oxygen atoms in total. The van der Waals surface area contributed by atoms with Gasteiger partial charge in [-0.15, -0.1) is 0 Å². The van der Waals surface area contributed by atoms with E-state index in [1.165, 1.54) is 24.2 Å². The maximum absolute atomic E-state index is 3.53. The van der Waals surface area contributed by atoms with Gasteiger partial charge in [-0.3, -0.25) is 4.90 Å². The Labute approximate surface area is 118 Å². The van der Waals surface area contributed by atoms with E-state index in [9.17, 15) is 0 Å². The van der Waals surface area contributed by atoms with E-state index >= 15 is 0 Å². The summed E-state index contributed by atoms with van der Waals surface area (Å²) in [6, 6.07) is 9.38. The van der Waals surface area contributed by atoms with Gasteiger partial charge in [-0.1, -0.05) is 31.5 Å². The molecule has 3 atom stereocenters. The van der Waals surface area contributed by atoms with Crippen molar-refractivity contribution in [3.63, 3.8) is 0 Å². The third-order valence-electron chi connectivity index (χ3n) is 4.50. The summed E-state index contributed by atoms with van der Waals surface area (Å²) in [5.41, 5.74) is 2.55. The van der Waals surface area contributed by atoms with Crippen molar-refractivity contribution < 1.29 is 0 Å². The van der Waals surface area contributed by atoms with Crippen molar-refractivity contribution in [3.8, 4) is 0 Å². The first-order valence-electron chi connectivity index (χ1n) is 7.61. The van der Waals surface area contributed by atoms with Crippen LogP contribution in [0.4, 0.5) is 5.69 Å². The van der Waals surface area contributed by atoms with E-state index in [1.54, 1.807) is 0 Å². The minimum Gasteiger partial charge on any atom is -0.384 e. The van der Waals surface area contributed by atoms with Gasteiger partial charge in [0.25, 0.3) is 0 Å². The lowest BCUT2D eigenvalue weighted by molar-refractivity contribution is 0.0839. The van der Waals surface area contributed by atoms with E-state index in [1.807, 2.05) is 0 Å². The average molecular weight is 260 g/mol. The van der Waals surface area contributed by atoms with Gasteiger partial charge in [0.1, 0.15) is 0 Å². The lowest BCUT2D eigenvalue weighted by atomic mass is 9.86. The molecule has 1 heterocycles. The zero-order valence-corrected chi connectivity index (χ0v) is 12.8. The Morgan fingerprint density at radius 2 is 1.84 bits per heavy atom. The molecule has 1 saturated heterocycles. The van der Waals surface area contributed by atoms with Gasteiger partial charge in [0.05, 0.1) is 0 Å². The molecule has 0 aliphatic carbocycles. The number of rotatable bonds is 4. The van der Waals surface area contributed by atoms with E-state index in [-0.39, 0.29) is 0 Å². The van der Waals surface area contributed by atoms with Gasteiger partial charge in [-0.2, -0.15) is 0 Å². The summed E-state index contributed by atoms with van der Waals surface area (Å²) in [6.07, 6.45) is 1.38. The molecule has 1 aliphatic rings. The van der Waals surface area contributed by atoms with Crippen molar-refractivity contribution in [2.45, 2.75) is 40.2 Å². The van der Waals surface area contributed by atoms with Crippen molar-refractivity contribution >= 4 is 5.69 Å². The smallest absolute Gasteiger partial charge is 0.0340 e. The maximum Gasteiger partial charge on any atom is 0.0340 e. The van der Waals surface area contributed by atoms with Crippen molar-refractivity contribution in [2.24, 2.45) is 11.8 Å². The summed E-state index contributed by atoms with van der Waals surface area (Å²) in [5.74, 6) is 1.66. The van der Waals surface area contributed by atoms with Gasteiger partial charge in [0.2, 0.25) is 0 Å². The van der Waals surface area contributed by atoms with Crippen LogP contribution < -0.4 is 5.32 Å². The summed E-state index contributed by atoms with van der Waals surface area (Å²) < 4.78 is 0. The van der Waals surface area contributed by atoms with E-state index in [0.29, 0.717) is 0 Å². The molecular formula is C17H28N2. The molecule has 0 radical (unpaired) electrons. The molecule has 0 bridgehead atoms. The van der Waals surface area contributed by atoms with E-state index in [2.05, 4.69) is 62.2 Å². The second kappa shape index (κ2) is 6.42. The van der Waals surface area contributed by atoms with Crippen LogP contribution in [0.15, 0.2) is 24.3 Å². The second-order valence-corrected chi connectivity index (χ2v) is 6.35. The second-order valence-electron chi connectivity index (χ2n) is 6.35. The van der Waals surface area contributed by atoms with Crippen molar-refractivity contribution in [3.05, 3.63) is 29.8 Å². The lowest BCUT2D eigenvalue weighted by Crippen LogP contribution is -2.47. The molecule has 1 aromatic carbocycles. The first-order chi connectivity index (χ1) is 9.06. The van der Waals surface area contributed by atoms with E-state index in [0.717, 1.165) is 31.0 Å². The number of benzene rings is 1. The number of likely N-dealkylation sites (tertiary alicyclic amines) is 1. The number of nitrogens with one attached hydrogen (secondary N) is 1. The minimum atomic E-state index is 0.719. The van der Waals surface area contributed by atoms with Crippen LogP contribution in [0.1, 0.15) is 32.8 Å². The molecule has 0 amide bonds. The van der Waals surface area contributed by atoms with E-state index in [4.69, 9.17) is 0 Å². The fourth-order valence-corrected chi connectivity index (χ4v) is 3.14. The molecule has 0 aromatic heterocycles. The zero-order chi connectivity index (χ0) is 13.8. The standard InChI is InChI=1S/C17H28N2/c1-13-5-7-17(8-6-13)18-9-10-19-12-14(2)11-15(3)16(19)4/h5-8,14-16,18H,9-12H2,1-4H3. The van der Waals surface area contributed by atoms with Crippen LogP contribution in [0.5, 0.6) is 0 Å². The highest BCUT2D eigenvalue weighted by molar-refractivity contribution is 5.44. The number of aryl methyl sites for hydroxylation is 1. The third kappa shape index (κ3) is 3.97. The highest BCUT2D eigenvalue weighted by atomic mass is 15.2. The number of hydrogen-bond donors (Lipinski definition) is 1. The largest absolute Gasteiger partial charge is 0.384 e. The topological polar surface area (TPSA) is 15.3 Å². The molecule has 0 spiro atoms. The number of piperidine rings is 1.